The van der Waals surface area contributed by atoms with Crippen LogP contribution in [0.25, 0.3) is 11.2 Å². The molecular weight excluding hydrogens is 436 g/mol. The van der Waals surface area contributed by atoms with Crippen LogP contribution in [0.5, 0.6) is 0 Å². The number of likely N-dealkylation sites (N-methyl/N-ethyl adjacent to an activating group) is 1. The molecule has 3 rings (SSSR count). The van der Waals surface area contributed by atoms with E-state index in [9.17, 15) is 14.4 Å². The number of alkyl carbamates (subject to hydrolysis) is 1. The number of fused-ring (bicyclic) bond motifs is 1. The highest BCUT2D eigenvalue weighted by Gasteiger charge is 2.33. The molecule has 0 spiro atoms. The summed E-state index contributed by atoms with van der Waals surface area (Å²) < 4.78 is 9.87. The fraction of sp³-hybridized carbons (Fsp3) is 0.667. The maximum atomic E-state index is 13.1. The van der Waals surface area contributed by atoms with Crippen LogP contribution < -0.4 is 21.5 Å². The molecule has 1 fully saturated rings. The van der Waals surface area contributed by atoms with Gasteiger partial charge in [-0.2, -0.15) is 4.98 Å². The van der Waals surface area contributed by atoms with Crippen molar-refractivity contribution >= 4 is 23.2 Å². The van der Waals surface area contributed by atoms with Crippen molar-refractivity contribution in [2.75, 3.05) is 11.9 Å². The van der Waals surface area contributed by atoms with Gasteiger partial charge in [0.1, 0.15) is 5.60 Å². The predicted octanol–water partition coefficient (Wildman–Crippen LogP) is 2.67. The number of aromatic nitrogens is 4. The topological polar surface area (TPSA) is 103 Å². The van der Waals surface area contributed by atoms with Crippen molar-refractivity contribution in [3.8, 4) is 0 Å². The molecule has 0 aromatic carbocycles. The number of nitrogens with one attached hydrogen (secondary N) is 1. The zero-order chi connectivity index (χ0) is 25.4. The molecule has 1 N–H and O–H groups in total. The lowest BCUT2D eigenvalue weighted by molar-refractivity contribution is 0.0485. The first-order chi connectivity index (χ1) is 15.8. The summed E-state index contributed by atoms with van der Waals surface area (Å²) >= 11 is 0. The van der Waals surface area contributed by atoms with Gasteiger partial charge in [0.25, 0.3) is 5.56 Å². The molecular formula is C24H38N6O4. The van der Waals surface area contributed by atoms with Gasteiger partial charge in [-0.05, 0) is 47.5 Å². The van der Waals surface area contributed by atoms with Crippen molar-refractivity contribution in [2.24, 2.45) is 14.1 Å². The molecule has 1 saturated carbocycles. The Labute approximate surface area is 200 Å². The Morgan fingerprint density at radius 2 is 1.82 bits per heavy atom. The van der Waals surface area contributed by atoms with E-state index in [1.807, 2.05) is 57.2 Å². The first-order valence-corrected chi connectivity index (χ1v) is 11.8. The quantitative estimate of drug-likeness (QED) is 0.669. The molecule has 1 aliphatic rings. The predicted molar refractivity (Wildman–Crippen MR) is 133 cm³/mol. The van der Waals surface area contributed by atoms with E-state index in [4.69, 9.17) is 9.72 Å². The van der Waals surface area contributed by atoms with Crippen molar-refractivity contribution in [3.63, 3.8) is 0 Å². The zero-order valence-electron chi connectivity index (χ0n) is 21.6. The summed E-state index contributed by atoms with van der Waals surface area (Å²) in [5.41, 5.74) is 0.476. The highest BCUT2D eigenvalue weighted by Crippen LogP contribution is 2.28. The van der Waals surface area contributed by atoms with Gasteiger partial charge < -0.3 is 19.5 Å². The van der Waals surface area contributed by atoms with Crippen LogP contribution in [0, 0.1) is 0 Å². The van der Waals surface area contributed by atoms with Gasteiger partial charge in [-0.1, -0.05) is 24.5 Å². The van der Waals surface area contributed by atoms with Crippen LogP contribution in [0.3, 0.4) is 0 Å². The second kappa shape index (κ2) is 9.68. The van der Waals surface area contributed by atoms with Crippen molar-refractivity contribution in [3.05, 3.63) is 32.5 Å². The van der Waals surface area contributed by atoms with Crippen LogP contribution in [-0.2, 0) is 25.4 Å². The van der Waals surface area contributed by atoms with Gasteiger partial charge in [-0.3, -0.25) is 13.9 Å². The number of hydrogen-bond donors (Lipinski definition) is 1. The van der Waals surface area contributed by atoms with Gasteiger partial charge >= 0.3 is 11.8 Å². The van der Waals surface area contributed by atoms with E-state index in [-0.39, 0.29) is 17.6 Å². The fourth-order valence-corrected chi connectivity index (χ4v) is 4.50. The number of amides is 1. The number of allylic oxidation sites excluding steroid dienone is 2. The molecule has 34 heavy (non-hydrogen) atoms. The number of ether oxygens (including phenoxy) is 1. The van der Waals surface area contributed by atoms with E-state index in [0.717, 1.165) is 35.8 Å². The number of aryl methyl sites for hydroxylation is 1. The van der Waals surface area contributed by atoms with Gasteiger partial charge in [0, 0.05) is 27.7 Å². The molecule has 1 amide bonds. The average Bonchev–Trinajstić information content (AvgIpc) is 3.13. The monoisotopic (exact) mass is 474 g/mol. The highest BCUT2D eigenvalue weighted by atomic mass is 16.6. The van der Waals surface area contributed by atoms with Gasteiger partial charge in [-0.15, -0.1) is 0 Å². The Morgan fingerprint density at radius 1 is 1.18 bits per heavy atom. The minimum atomic E-state index is -0.580. The Hall–Kier alpha value is -3.04. The van der Waals surface area contributed by atoms with E-state index < -0.39 is 17.4 Å². The van der Waals surface area contributed by atoms with Crippen molar-refractivity contribution in [2.45, 2.75) is 84.5 Å². The van der Waals surface area contributed by atoms with Crippen LogP contribution in [0.2, 0.25) is 0 Å². The van der Waals surface area contributed by atoms with E-state index in [1.165, 1.54) is 11.6 Å². The van der Waals surface area contributed by atoms with Crippen molar-refractivity contribution in [1.29, 1.82) is 0 Å². The van der Waals surface area contributed by atoms with Crippen LogP contribution >= 0.6 is 0 Å². The van der Waals surface area contributed by atoms with Gasteiger partial charge in [0.05, 0.1) is 12.1 Å². The summed E-state index contributed by atoms with van der Waals surface area (Å²) in [5.74, 6) is 0.591. The molecule has 0 saturated heterocycles. The average molecular weight is 475 g/mol. The number of rotatable bonds is 5. The van der Waals surface area contributed by atoms with Crippen molar-refractivity contribution in [1.82, 2.24) is 24.0 Å². The second-order valence-electron chi connectivity index (χ2n) is 10.4. The third kappa shape index (κ3) is 5.20. The zero-order valence-corrected chi connectivity index (χ0v) is 21.6. The maximum absolute atomic E-state index is 13.1. The highest BCUT2D eigenvalue weighted by molar-refractivity contribution is 5.75. The molecule has 2 unspecified atom stereocenters. The van der Waals surface area contributed by atoms with Gasteiger partial charge in [-0.25, -0.2) is 9.59 Å². The maximum Gasteiger partial charge on any atom is 0.407 e. The van der Waals surface area contributed by atoms with E-state index in [2.05, 4.69) is 5.32 Å². The molecule has 0 aliphatic heterocycles. The molecule has 1 aliphatic carbocycles. The van der Waals surface area contributed by atoms with Gasteiger partial charge in [0.2, 0.25) is 5.95 Å². The first kappa shape index (κ1) is 25.6. The fourth-order valence-electron chi connectivity index (χ4n) is 4.50. The first-order valence-electron chi connectivity index (χ1n) is 11.8. The summed E-state index contributed by atoms with van der Waals surface area (Å²) in [6.45, 7) is 9.97. The number of carbonyl (C=O) groups is 1. The molecule has 0 bridgehead atoms. The molecule has 10 heteroatoms. The van der Waals surface area contributed by atoms with E-state index in [0.29, 0.717) is 23.7 Å². The Balaban J connectivity index is 2.07. The standard InChI is InChI=1S/C24H38N6O4/c1-15(2)13-14-30-18-19(28(7)23(33)29(8)20(18)31)26-21(30)27(6)17-12-10-9-11-16(17)25-22(32)34-24(3,4)5/h13,16-17H,9-12,14H2,1-8H3,(H,25,32). The van der Waals surface area contributed by atoms with Crippen LogP contribution in [0.15, 0.2) is 21.2 Å². The molecule has 2 aromatic rings. The summed E-state index contributed by atoms with van der Waals surface area (Å²) in [4.78, 5) is 45.0. The van der Waals surface area contributed by atoms with Crippen LogP contribution in [0.4, 0.5) is 10.7 Å². The summed E-state index contributed by atoms with van der Waals surface area (Å²) in [6.07, 6.45) is 5.30. The van der Waals surface area contributed by atoms with E-state index in [1.54, 1.807) is 7.05 Å². The minimum absolute atomic E-state index is 0.0376. The van der Waals surface area contributed by atoms with E-state index >= 15 is 0 Å². The molecule has 188 valence electrons. The van der Waals surface area contributed by atoms with Crippen molar-refractivity contribution < 1.29 is 9.53 Å². The number of hydrogen-bond acceptors (Lipinski definition) is 6. The van der Waals surface area contributed by atoms with Gasteiger partial charge in [0.15, 0.2) is 11.2 Å². The summed E-state index contributed by atoms with van der Waals surface area (Å²) in [6, 6.07) is -0.165. The number of imidazole rings is 1. The molecule has 2 atom stereocenters. The summed E-state index contributed by atoms with van der Waals surface area (Å²) in [5, 5.41) is 3.05. The smallest absolute Gasteiger partial charge is 0.407 e. The molecule has 0 radical (unpaired) electrons. The summed E-state index contributed by atoms with van der Waals surface area (Å²) in [7, 11) is 5.04. The Morgan fingerprint density at radius 3 is 2.44 bits per heavy atom. The second-order valence-corrected chi connectivity index (χ2v) is 10.4. The molecule has 2 aromatic heterocycles. The number of carbonyl (C=O) groups excluding carboxylic acids is 1. The lowest BCUT2D eigenvalue weighted by Crippen LogP contribution is -2.53. The minimum Gasteiger partial charge on any atom is -0.444 e. The lowest BCUT2D eigenvalue weighted by atomic mass is 9.89. The Kier molecular flexibility index (Phi) is 7.28. The number of nitrogens with zero attached hydrogens (tertiary/aromatic N) is 5. The normalized spacial score (nSPS) is 18.6. The van der Waals surface area contributed by atoms with Crippen LogP contribution in [-0.4, -0.2) is 49.5 Å². The largest absolute Gasteiger partial charge is 0.444 e. The molecule has 2 heterocycles. The lowest BCUT2D eigenvalue weighted by Gasteiger charge is -2.39. The van der Waals surface area contributed by atoms with Crippen LogP contribution in [0.1, 0.15) is 60.3 Å². The Bertz CT molecular complexity index is 1210. The number of anilines is 1. The molecule has 10 nitrogen and oxygen atoms in total. The third-order valence-electron chi connectivity index (χ3n) is 6.25. The third-order valence-corrected chi connectivity index (χ3v) is 6.25. The SMILES string of the molecule is CC(C)=CCn1c(N(C)C2CCCCC2NC(=O)OC(C)(C)C)nc2c1c(=O)n(C)c(=O)n2C.